The SMILES string of the molecule is CCOC(=O)C(C)(C)Oc1c(C)cc(C2CC2C(OC)c2ccc(C(F)(F)F)cc2)cc1C. The van der Waals surface area contributed by atoms with Crippen molar-refractivity contribution in [3.05, 3.63) is 64.2 Å². The zero-order valence-corrected chi connectivity index (χ0v) is 19.9. The third kappa shape index (κ3) is 5.52. The molecule has 0 spiro atoms. The first kappa shape index (κ1) is 25.1. The predicted molar refractivity (Wildman–Crippen MR) is 119 cm³/mol. The highest BCUT2D eigenvalue weighted by Gasteiger charge is 2.45. The van der Waals surface area contributed by atoms with Gasteiger partial charge in [-0.2, -0.15) is 13.2 Å². The first-order valence-electron chi connectivity index (χ1n) is 11.1. The molecule has 0 N–H and O–H groups in total. The van der Waals surface area contributed by atoms with Crippen molar-refractivity contribution in [2.75, 3.05) is 13.7 Å². The number of benzene rings is 2. The van der Waals surface area contributed by atoms with Crippen LogP contribution in [0, 0.1) is 19.8 Å². The van der Waals surface area contributed by atoms with Crippen molar-refractivity contribution in [2.45, 2.75) is 64.8 Å². The monoisotopic (exact) mass is 464 g/mol. The first-order chi connectivity index (χ1) is 15.4. The van der Waals surface area contributed by atoms with Crippen molar-refractivity contribution >= 4 is 5.97 Å². The van der Waals surface area contributed by atoms with E-state index < -0.39 is 23.3 Å². The summed E-state index contributed by atoms with van der Waals surface area (Å²) in [6, 6.07) is 9.30. The van der Waals surface area contributed by atoms with Gasteiger partial charge in [-0.05, 0) is 87.3 Å². The minimum absolute atomic E-state index is 0.174. The molecule has 0 saturated heterocycles. The molecule has 1 fully saturated rings. The number of halogens is 3. The van der Waals surface area contributed by atoms with E-state index in [1.165, 1.54) is 12.1 Å². The Hall–Kier alpha value is -2.54. The fourth-order valence-corrected chi connectivity index (χ4v) is 4.31. The fraction of sp³-hybridized carbons (Fsp3) is 0.500. The lowest BCUT2D eigenvalue weighted by molar-refractivity contribution is -0.158. The Labute approximate surface area is 193 Å². The van der Waals surface area contributed by atoms with Gasteiger partial charge in [-0.25, -0.2) is 4.79 Å². The summed E-state index contributed by atoms with van der Waals surface area (Å²) in [7, 11) is 1.59. The van der Waals surface area contributed by atoms with Crippen molar-refractivity contribution in [2.24, 2.45) is 5.92 Å². The van der Waals surface area contributed by atoms with Crippen LogP contribution in [0.4, 0.5) is 13.2 Å². The summed E-state index contributed by atoms with van der Waals surface area (Å²) in [5.41, 5.74) is 1.92. The van der Waals surface area contributed by atoms with Crippen LogP contribution in [-0.4, -0.2) is 25.3 Å². The number of hydrogen-bond donors (Lipinski definition) is 0. The van der Waals surface area contributed by atoms with Gasteiger partial charge in [0.1, 0.15) is 5.75 Å². The molecule has 1 aliphatic rings. The summed E-state index contributed by atoms with van der Waals surface area (Å²) in [5.74, 6) is 0.643. The minimum atomic E-state index is -4.36. The maximum atomic E-state index is 12.9. The van der Waals surface area contributed by atoms with E-state index in [1.54, 1.807) is 27.9 Å². The van der Waals surface area contributed by atoms with Crippen LogP contribution >= 0.6 is 0 Å². The van der Waals surface area contributed by atoms with Gasteiger partial charge in [-0.1, -0.05) is 24.3 Å². The maximum absolute atomic E-state index is 12.9. The predicted octanol–water partition coefficient (Wildman–Crippen LogP) is 6.53. The highest BCUT2D eigenvalue weighted by molar-refractivity contribution is 5.79. The Morgan fingerprint density at radius 1 is 1.09 bits per heavy atom. The molecule has 3 unspecified atom stereocenters. The van der Waals surface area contributed by atoms with E-state index in [0.29, 0.717) is 5.75 Å². The van der Waals surface area contributed by atoms with E-state index >= 15 is 0 Å². The molecule has 180 valence electrons. The van der Waals surface area contributed by atoms with Gasteiger partial charge in [0.25, 0.3) is 0 Å². The Balaban J connectivity index is 1.77. The Morgan fingerprint density at radius 3 is 2.15 bits per heavy atom. The van der Waals surface area contributed by atoms with Crippen LogP contribution < -0.4 is 4.74 Å². The topological polar surface area (TPSA) is 44.8 Å². The van der Waals surface area contributed by atoms with Gasteiger partial charge < -0.3 is 14.2 Å². The van der Waals surface area contributed by atoms with Gasteiger partial charge in [-0.15, -0.1) is 0 Å². The molecule has 0 aliphatic heterocycles. The van der Waals surface area contributed by atoms with Crippen LogP contribution in [0.3, 0.4) is 0 Å². The molecular formula is C26H31F3O4. The molecule has 2 aromatic rings. The molecule has 0 amide bonds. The highest BCUT2D eigenvalue weighted by Crippen LogP contribution is 2.56. The van der Waals surface area contributed by atoms with Gasteiger partial charge in [0.15, 0.2) is 5.60 Å². The maximum Gasteiger partial charge on any atom is 0.416 e. The number of methoxy groups -OCH3 is 1. The van der Waals surface area contributed by atoms with Crippen molar-refractivity contribution in [3.8, 4) is 5.75 Å². The van der Waals surface area contributed by atoms with Crippen molar-refractivity contribution < 1.29 is 32.2 Å². The first-order valence-corrected chi connectivity index (χ1v) is 11.1. The molecule has 3 rings (SSSR count). The van der Waals surface area contributed by atoms with E-state index in [9.17, 15) is 18.0 Å². The van der Waals surface area contributed by atoms with E-state index in [-0.39, 0.29) is 24.5 Å². The number of carbonyl (C=O) groups excluding carboxylic acids is 1. The average molecular weight is 465 g/mol. The van der Waals surface area contributed by atoms with E-state index in [2.05, 4.69) is 0 Å². The zero-order valence-electron chi connectivity index (χ0n) is 19.9. The van der Waals surface area contributed by atoms with Gasteiger partial charge >= 0.3 is 12.1 Å². The second kappa shape index (κ2) is 9.37. The summed E-state index contributed by atoms with van der Waals surface area (Å²) in [6.07, 6.45) is -3.76. The minimum Gasteiger partial charge on any atom is -0.476 e. The Bertz CT molecular complexity index is 973. The largest absolute Gasteiger partial charge is 0.476 e. The molecule has 2 aromatic carbocycles. The molecule has 4 nitrogen and oxygen atoms in total. The lowest BCUT2D eigenvalue weighted by Crippen LogP contribution is -2.40. The molecule has 1 saturated carbocycles. The van der Waals surface area contributed by atoms with E-state index in [1.807, 2.05) is 26.0 Å². The van der Waals surface area contributed by atoms with Crippen LogP contribution in [0.15, 0.2) is 36.4 Å². The number of aryl methyl sites for hydroxylation is 2. The number of hydrogen-bond acceptors (Lipinski definition) is 4. The third-order valence-corrected chi connectivity index (χ3v) is 6.08. The lowest BCUT2D eigenvalue weighted by atomic mass is 9.97. The summed E-state index contributed by atoms with van der Waals surface area (Å²) >= 11 is 0. The molecule has 0 radical (unpaired) electrons. The highest BCUT2D eigenvalue weighted by atomic mass is 19.4. The van der Waals surface area contributed by atoms with Gasteiger partial charge in [-0.3, -0.25) is 0 Å². The molecule has 0 heterocycles. The van der Waals surface area contributed by atoms with Crippen molar-refractivity contribution in [1.82, 2.24) is 0 Å². The lowest BCUT2D eigenvalue weighted by Gasteiger charge is -2.26. The third-order valence-electron chi connectivity index (χ3n) is 6.08. The molecular weight excluding hydrogens is 433 g/mol. The molecule has 33 heavy (non-hydrogen) atoms. The molecule has 0 aromatic heterocycles. The van der Waals surface area contributed by atoms with E-state index in [0.717, 1.165) is 40.8 Å². The van der Waals surface area contributed by atoms with Crippen LogP contribution in [0.5, 0.6) is 5.75 Å². The van der Waals surface area contributed by atoms with Crippen LogP contribution in [0.2, 0.25) is 0 Å². The summed E-state index contributed by atoms with van der Waals surface area (Å²) in [4.78, 5) is 12.2. The van der Waals surface area contributed by atoms with Gasteiger partial charge in [0.05, 0.1) is 18.3 Å². The quantitative estimate of drug-likeness (QED) is 0.417. The van der Waals surface area contributed by atoms with Crippen LogP contribution in [-0.2, 0) is 20.4 Å². The number of rotatable bonds is 8. The summed E-state index contributed by atoms with van der Waals surface area (Å²) in [6.45, 7) is 9.28. The Kier molecular flexibility index (Phi) is 7.13. The molecule has 0 bridgehead atoms. The standard InChI is InChI=1S/C26H31F3O4/c1-7-32-24(30)25(4,5)33-22-15(2)12-18(13-16(22)3)20-14-21(20)23(31-6)17-8-10-19(11-9-17)26(27,28)29/h8-13,20-21,23H,7,14H2,1-6H3. The number of ether oxygens (including phenoxy) is 3. The second-order valence-electron chi connectivity index (χ2n) is 9.10. The molecule has 3 atom stereocenters. The summed E-state index contributed by atoms with van der Waals surface area (Å²) < 4.78 is 55.5. The average Bonchev–Trinajstić information content (AvgIpc) is 3.51. The smallest absolute Gasteiger partial charge is 0.416 e. The number of alkyl halides is 3. The van der Waals surface area contributed by atoms with Crippen molar-refractivity contribution in [1.29, 1.82) is 0 Å². The van der Waals surface area contributed by atoms with Crippen LogP contribution in [0.1, 0.15) is 67.0 Å². The fourth-order valence-electron chi connectivity index (χ4n) is 4.31. The van der Waals surface area contributed by atoms with Crippen LogP contribution in [0.25, 0.3) is 0 Å². The van der Waals surface area contributed by atoms with Crippen molar-refractivity contribution in [3.63, 3.8) is 0 Å². The Morgan fingerprint density at radius 2 is 1.67 bits per heavy atom. The van der Waals surface area contributed by atoms with E-state index in [4.69, 9.17) is 14.2 Å². The summed E-state index contributed by atoms with van der Waals surface area (Å²) in [5, 5.41) is 0. The number of carbonyl (C=O) groups is 1. The zero-order chi connectivity index (χ0) is 24.6. The number of esters is 1. The van der Waals surface area contributed by atoms with Gasteiger partial charge in [0.2, 0.25) is 0 Å². The normalized spacial score (nSPS) is 19.2. The van der Waals surface area contributed by atoms with Gasteiger partial charge in [0, 0.05) is 7.11 Å². The second-order valence-corrected chi connectivity index (χ2v) is 9.10. The molecule has 7 heteroatoms. The molecule has 1 aliphatic carbocycles.